The Hall–Kier alpha value is -3.93. The van der Waals surface area contributed by atoms with Crippen LogP contribution in [-0.2, 0) is 9.59 Å². The third-order valence-corrected chi connectivity index (χ3v) is 9.74. The Labute approximate surface area is 259 Å². The summed E-state index contributed by atoms with van der Waals surface area (Å²) in [5.41, 5.74) is 1.40. The zero-order chi connectivity index (χ0) is 31.0. The van der Waals surface area contributed by atoms with Gasteiger partial charge in [-0.15, -0.1) is 0 Å². The molecule has 0 radical (unpaired) electrons. The maximum atomic E-state index is 13.4. The Balaban J connectivity index is 1.15. The zero-order valence-electron chi connectivity index (χ0n) is 26.3. The maximum Gasteiger partial charge on any atom is 0.251 e. The van der Waals surface area contributed by atoms with Gasteiger partial charge < -0.3 is 30.1 Å². The molecule has 4 aliphatic rings. The summed E-state index contributed by atoms with van der Waals surface area (Å²) in [6.45, 7) is 7.95. The van der Waals surface area contributed by atoms with Crippen molar-refractivity contribution in [1.82, 2.24) is 25.1 Å². The molecule has 0 unspecified atom stereocenters. The third kappa shape index (κ3) is 5.91. The topological polar surface area (TPSA) is 123 Å². The van der Waals surface area contributed by atoms with Crippen LogP contribution in [0.1, 0.15) is 62.7 Å². The number of fused-ring (bicyclic) bond motifs is 1. The second kappa shape index (κ2) is 12.2. The predicted octanol–water partition coefficient (Wildman–Crippen LogP) is 3.02. The average molecular weight is 605 g/mol. The zero-order valence-corrected chi connectivity index (χ0v) is 26.3. The van der Waals surface area contributed by atoms with Gasteiger partial charge in [-0.25, -0.2) is 4.98 Å². The Kier molecular flexibility index (Phi) is 8.36. The summed E-state index contributed by atoms with van der Waals surface area (Å²) in [7, 11) is 3.36. The van der Waals surface area contributed by atoms with E-state index in [9.17, 15) is 14.4 Å². The summed E-state index contributed by atoms with van der Waals surface area (Å²) in [6.07, 6.45) is 8.10. The molecule has 1 saturated heterocycles. The highest BCUT2D eigenvalue weighted by Crippen LogP contribution is 2.52. The van der Waals surface area contributed by atoms with Gasteiger partial charge in [0.05, 0.1) is 31.0 Å². The maximum absolute atomic E-state index is 13.4. The third-order valence-electron chi connectivity index (χ3n) is 9.74. The largest absolute Gasteiger partial charge is 0.495 e. The van der Waals surface area contributed by atoms with E-state index in [0.717, 1.165) is 50.3 Å². The number of piperazine rings is 1. The lowest BCUT2D eigenvalue weighted by molar-refractivity contribution is -0.132. The number of hydrogen-bond donors (Lipinski definition) is 2. The minimum absolute atomic E-state index is 0.0540. The molecular formula is C32H44N8O4. The normalized spacial score (nSPS) is 20.1. The van der Waals surface area contributed by atoms with Gasteiger partial charge in [-0.05, 0) is 57.7 Å². The number of rotatable bonds is 8. The van der Waals surface area contributed by atoms with Crippen LogP contribution in [0.15, 0.2) is 24.4 Å². The molecule has 0 bridgehead atoms. The first kappa shape index (κ1) is 30.1. The van der Waals surface area contributed by atoms with Crippen molar-refractivity contribution in [3.63, 3.8) is 0 Å². The number of hydrogen-bond acceptors (Lipinski definition) is 9. The lowest BCUT2D eigenvalue weighted by Crippen LogP contribution is -2.52. The fourth-order valence-corrected chi connectivity index (χ4v) is 6.76. The first-order chi connectivity index (χ1) is 21.2. The lowest BCUT2D eigenvalue weighted by Gasteiger charge is -2.36. The molecule has 1 spiro atoms. The number of nitrogens with one attached hydrogen (secondary N) is 2. The number of methoxy groups -OCH3 is 1. The first-order valence-corrected chi connectivity index (χ1v) is 15.9. The lowest BCUT2D eigenvalue weighted by atomic mass is 10.0. The molecule has 3 fully saturated rings. The van der Waals surface area contributed by atoms with Crippen LogP contribution in [0.5, 0.6) is 5.75 Å². The van der Waals surface area contributed by atoms with Crippen molar-refractivity contribution >= 4 is 40.9 Å². The number of aromatic nitrogens is 2. The summed E-state index contributed by atoms with van der Waals surface area (Å²) in [4.78, 5) is 56.7. The number of carbonyl (C=O) groups excluding carboxylic acids is 3. The van der Waals surface area contributed by atoms with E-state index in [0.29, 0.717) is 54.7 Å². The van der Waals surface area contributed by atoms with E-state index in [-0.39, 0.29) is 29.7 Å². The van der Waals surface area contributed by atoms with Gasteiger partial charge in [0.2, 0.25) is 17.8 Å². The van der Waals surface area contributed by atoms with E-state index in [2.05, 4.69) is 39.3 Å². The molecule has 2 aliphatic heterocycles. The van der Waals surface area contributed by atoms with Crippen LogP contribution in [0.3, 0.4) is 0 Å². The van der Waals surface area contributed by atoms with Crippen LogP contribution >= 0.6 is 0 Å². The molecular weight excluding hydrogens is 560 g/mol. The second-order valence-electron chi connectivity index (χ2n) is 12.8. The van der Waals surface area contributed by atoms with Gasteiger partial charge >= 0.3 is 0 Å². The molecule has 44 heavy (non-hydrogen) atoms. The highest BCUT2D eigenvalue weighted by molar-refractivity contribution is 6.03. The number of benzene rings is 1. The van der Waals surface area contributed by atoms with Crippen LogP contribution in [-0.4, -0.2) is 103 Å². The molecule has 2 saturated carbocycles. The van der Waals surface area contributed by atoms with Gasteiger partial charge in [0.15, 0.2) is 5.82 Å². The fraction of sp³-hybridized carbons (Fsp3) is 0.594. The van der Waals surface area contributed by atoms with E-state index in [4.69, 9.17) is 9.72 Å². The fourth-order valence-electron chi connectivity index (χ4n) is 6.76. The van der Waals surface area contributed by atoms with E-state index < -0.39 is 0 Å². The molecule has 2 N–H and O–H groups in total. The number of ether oxygens (including phenoxy) is 1. The summed E-state index contributed by atoms with van der Waals surface area (Å²) < 4.78 is 5.62. The molecule has 1 aromatic heterocycles. The minimum Gasteiger partial charge on any atom is -0.495 e. The van der Waals surface area contributed by atoms with Crippen molar-refractivity contribution in [3.05, 3.63) is 30.0 Å². The van der Waals surface area contributed by atoms with Crippen molar-refractivity contribution in [2.45, 2.75) is 64.5 Å². The number of nitrogens with zero attached hydrogens (tertiary/aromatic N) is 6. The van der Waals surface area contributed by atoms with Gasteiger partial charge in [-0.1, -0.05) is 12.8 Å². The smallest absolute Gasteiger partial charge is 0.251 e. The molecule has 3 heterocycles. The molecule has 2 aromatic rings. The van der Waals surface area contributed by atoms with Gasteiger partial charge in [0.1, 0.15) is 11.4 Å². The molecule has 12 nitrogen and oxygen atoms in total. The first-order valence-electron chi connectivity index (χ1n) is 15.9. The molecule has 12 heteroatoms. The van der Waals surface area contributed by atoms with Crippen LogP contribution in [0.4, 0.5) is 23.1 Å². The predicted molar refractivity (Wildman–Crippen MR) is 169 cm³/mol. The van der Waals surface area contributed by atoms with Crippen molar-refractivity contribution in [3.8, 4) is 5.75 Å². The van der Waals surface area contributed by atoms with Gasteiger partial charge in [0.25, 0.3) is 5.91 Å². The Morgan fingerprint density at radius 1 is 1.11 bits per heavy atom. The number of amides is 3. The van der Waals surface area contributed by atoms with Crippen LogP contribution in [0, 0.1) is 5.41 Å². The monoisotopic (exact) mass is 604 g/mol. The van der Waals surface area contributed by atoms with Crippen molar-refractivity contribution < 1.29 is 19.1 Å². The average Bonchev–Trinajstić information content (AvgIpc) is 3.64. The summed E-state index contributed by atoms with van der Waals surface area (Å²) in [6, 6.07) is 5.89. The van der Waals surface area contributed by atoms with Crippen molar-refractivity contribution in [2.75, 3.05) is 68.5 Å². The molecule has 3 amide bonds. The van der Waals surface area contributed by atoms with Gasteiger partial charge in [0, 0.05) is 57.4 Å². The minimum atomic E-state index is -0.348. The molecule has 0 atom stereocenters. The highest BCUT2D eigenvalue weighted by Gasteiger charge is 2.55. The van der Waals surface area contributed by atoms with Gasteiger partial charge in [-0.3, -0.25) is 19.3 Å². The van der Waals surface area contributed by atoms with Crippen LogP contribution < -0.4 is 25.2 Å². The number of carbonyl (C=O) groups is 3. The van der Waals surface area contributed by atoms with E-state index in [1.54, 1.807) is 34.2 Å². The Morgan fingerprint density at radius 3 is 2.50 bits per heavy atom. The summed E-state index contributed by atoms with van der Waals surface area (Å²) in [5.74, 6) is 1.33. The van der Waals surface area contributed by atoms with Crippen LogP contribution in [0.2, 0.25) is 0 Å². The van der Waals surface area contributed by atoms with Gasteiger partial charge in [-0.2, -0.15) is 4.98 Å². The number of anilines is 4. The molecule has 2 aliphatic carbocycles. The summed E-state index contributed by atoms with van der Waals surface area (Å²) in [5, 5.41) is 6.02. The van der Waals surface area contributed by atoms with Crippen molar-refractivity contribution in [2.24, 2.45) is 5.41 Å². The highest BCUT2D eigenvalue weighted by atomic mass is 16.5. The van der Waals surface area contributed by atoms with Crippen LogP contribution in [0.25, 0.3) is 0 Å². The standard InChI is InChI=1S/C32H44N8O4/c1-21(2)38-13-15-39(16-14-38)27(41)19-33-29(42)22-9-10-24(26(17-22)44-4)35-31-34-18-25-28(36-31)40(23-7-5-6-8-23)20-32(11-12-32)30(43)37(25)3/h9-10,17-18,21,23H,5-8,11-16,19-20H2,1-4H3,(H,33,42)(H,34,35,36). The van der Waals surface area contributed by atoms with E-state index >= 15 is 0 Å². The van der Waals surface area contributed by atoms with Crippen molar-refractivity contribution in [1.29, 1.82) is 0 Å². The van der Waals surface area contributed by atoms with E-state index in [1.807, 2.05) is 7.05 Å². The van der Waals surface area contributed by atoms with E-state index in [1.165, 1.54) is 20.0 Å². The molecule has 236 valence electrons. The quantitative estimate of drug-likeness (QED) is 0.468. The summed E-state index contributed by atoms with van der Waals surface area (Å²) >= 11 is 0. The molecule has 6 rings (SSSR count). The molecule has 1 aromatic carbocycles. The second-order valence-corrected chi connectivity index (χ2v) is 12.8. The Morgan fingerprint density at radius 2 is 1.84 bits per heavy atom. The SMILES string of the molecule is COc1cc(C(=O)NCC(=O)N2CCN(C(C)C)CC2)ccc1Nc1ncc2c(n1)N(C1CCCC1)CC1(CC1)C(=O)N2C. The Bertz CT molecular complexity index is 1410.